The Bertz CT molecular complexity index is 1070. The summed E-state index contributed by atoms with van der Waals surface area (Å²) in [5.74, 6) is 1.06. The minimum Gasteiger partial charge on any atom is -0.457 e. The lowest BCUT2D eigenvalue weighted by Gasteiger charge is -2.20. The number of nitrogens with zero attached hydrogens (tertiary/aromatic N) is 1. The number of thiocarbonyl (C=S) groups is 1. The van der Waals surface area contributed by atoms with Crippen molar-refractivity contribution < 1.29 is 17.6 Å². The summed E-state index contributed by atoms with van der Waals surface area (Å²) in [6.45, 7) is 0. The van der Waals surface area contributed by atoms with Crippen LogP contribution in [0.4, 0.5) is 0 Å². The molecule has 2 fully saturated rings. The number of amides is 1. The fraction of sp³-hybridized carbons (Fsp3) is 0.222. The number of halogens is 1. The van der Waals surface area contributed by atoms with Gasteiger partial charge in [0, 0.05) is 16.1 Å². The molecule has 3 heterocycles. The van der Waals surface area contributed by atoms with Crippen LogP contribution in [-0.2, 0) is 14.6 Å². The van der Waals surface area contributed by atoms with Crippen LogP contribution in [0, 0.1) is 0 Å². The number of hydrogen-bond donors (Lipinski definition) is 0. The molecule has 27 heavy (non-hydrogen) atoms. The van der Waals surface area contributed by atoms with E-state index in [0.717, 1.165) is 10.0 Å². The predicted octanol–water partition coefficient (Wildman–Crippen LogP) is 4.10. The molecular formula is C18H14BrNO4S3. The average Bonchev–Trinajstić information content (AvgIpc) is 3.27. The van der Waals surface area contributed by atoms with Crippen molar-refractivity contribution in [1.29, 1.82) is 0 Å². The van der Waals surface area contributed by atoms with Gasteiger partial charge in [-0.15, -0.1) is 0 Å². The van der Waals surface area contributed by atoms with Crippen LogP contribution in [0.5, 0.6) is 0 Å². The predicted molar refractivity (Wildman–Crippen MR) is 114 cm³/mol. The number of benzene rings is 1. The van der Waals surface area contributed by atoms with Crippen LogP contribution >= 0.6 is 39.9 Å². The molecule has 5 nitrogen and oxygen atoms in total. The maximum atomic E-state index is 12.7. The summed E-state index contributed by atoms with van der Waals surface area (Å²) in [7, 11) is -3.09. The van der Waals surface area contributed by atoms with E-state index in [1.54, 1.807) is 12.1 Å². The van der Waals surface area contributed by atoms with Gasteiger partial charge in [-0.25, -0.2) is 8.42 Å². The molecule has 0 spiro atoms. The maximum Gasteiger partial charge on any atom is 0.266 e. The second kappa shape index (κ2) is 7.20. The molecule has 140 valence electrons. The quantitative estimate of drug-likeness (QED) is 0.483. The van der Waals surface area contributed by atoms with Crippen molar-refractivity contribution in [2.45, 2.75) is 12.5 Å². The average molecular weight is 484 g/mol. The van der Waals surface area contributed by atoms with Crippen LogP contribution in [-0.4, -0.2) is 41.1 Å². The molecule has 0 aliphatic carbocycles. The maximum absolute atomic E-state index is 12.7. The number of carbonyl (C=O) groups excluding carboxylic acids is 1. The molecule has 0 saturated carbocycles. The summed E-state index contributed by atoms with van der Waals surface area (Å²) < 4.78 is 30.6. The Kier molecular flexibility index (Phi) is 5.04. The van der Waals surface area contributed by atoms with Crippen LogP contribution in [0.1, 0.15) is 12.2 Å². The van der Waals surface area contributed by atoms with Gasteiger partial charge in [0.15, 0.2) is 9.84 Å². The van der Waals surface area contributed by atoms with Crippen molar-refractivity contribution in [3.05, 3.63) is 51.5 Å². The van der Waals surface area contributed by atoms with E-state index in [0.29, 0.717) is 27.2 Å². The molecule has 9 heteroatoms. The molecule has 1 aromatic heterocycles. The third-order valence-electron chi connectivity index (χ3n) is 4.41. The first-order valence-corrected chi connectivity index (χ1v) is 12.0. The molecule has 2 saturated heterocycles. The van der Waals surface area contributed by atoms with Gasteiger partial charge in [-0.2, -0.15) is 0 Å². The van der Waals surface area contributed by atoms with E-state index in [1.165, 1.54) is 16.7 Å². The Balaban J connectivity index is 1.57. The third-order valence-corrected chi connectivity index (χ3v) is 7.98. The molecule has 0 N–H and O–H groups in total. The summed E-state index contributed by atoms with van der Waals surface area (Å²) >= 11 is 9.93. The smallest absolute Gasteiger partial charge is 0.266 e. The second-order valence-corrected chi connectivity index (χ2v) is 11.1. The highest BCUT2D eigenvalue weighted by molar-refractivity contribution is 9.10. The molecule has 1 aromatic carbocycles. The van der Waals surface area contributed by atoms with E-state index in [1.807, 2.05) is 30.3 Å². The molecule has 0 radical (unpaired) electrons. The summed E-state index contributed by atoms with van der Waals surface area (Å²) in [5.41, 5.74) is 0.924. The van der Waals surface area contributed by atoms with Crippen molar-refractivity contribution in [3.63, 3.8) is 0 Å². The summed E-state index contributed by atoms with van der Waals surface area (Å²) in [4.78, 5) is 14.6. The van der Waals surface area contributed by atoms with E-state index >= 15 is 0 Å². The molecule has 0 bridgehead atoms. The summed E-state index contributed by atoms with van der Waals surface area (Å²) in [6.07, 6.45) is 2.08. The summed E-state index contributed by atoms with van der Waals surface area (Å²) in [6, 6.07) is 11.0. The Morgan fingerprint density at radius 3 is 2.81 bits per heavy atom. The summed E-state index contributed by atoms with van der Waals surface area (Å²) in [5, 5.41) is 0. The van der Waals surface area contributed by atoms with Gasteiger partial charge in [-0.05, 0) is 30.7 Å². The molecule has 2 aliphatic rings. The number of thioether (sulfide) groups is 1. The molecular weight excluding hydrogens is 470 g/mol. The van der Waals surface area contributed by atoms with Crippen molar-refractivity contribution in [2.75, 3.05) is 11.5 Å². The standard InChI is InChI=1S/C18H14BrNO4S3/c19-12-3-1-2-11(8-12)15-5-4-14(24-15)9-16-17(21)20(18(25)26-16)13-6-7-27(22,23)10-13/h1-5,8-9,13H,6-7,10H2/b16-9+. The zero-order valence-corrected chi connectivity index (χ0v) is 18.0. The van der Waals surface area contributed by atoms with E-state index in [9.17, 15) is 13.2 Å². The number of hydrogen-bond acceptors (Lipinski definition) is 6. The SMILES string of the molecule is O=C1/C(=C\c2ccc(-c3cccc(Br)c3)o2)SC(=S)N1C1CCS(=O)(=O)C1. The minimum atomic E-state index is -3.09. The van der Waals surface area contributed by atoms with Gasteiger partial charge in [-0.3, -0.25) is 9.69 Å². The van der Waals surface area contributed by atoms with Crippen molar-refractivity contribution in [3.8, 4) is 11.3 Å². The normalized spacial score (nSPS) is 23.5. The fourth-order valence-electron chi connectivity index (χ4n) is 3.13. The zero-order chi connectivity index (χ0) is 19.2. The highest BCUT2D eigenvalue weighted by atomic mass is 79.9. The van der Waals surface area contributed by atoms with Crippen LogP contribution in [0.25, 0.3) is 17.4 Å². The number of rotatable bonds is 3. The molecule has 1 atom stereocenters. The topological polar surface area (TPSA) is 67.6 Å². The minimum absolute atomic E-state index is 0.0273. The van der Waals surface area contributed by atoms with Gasteiger partial charge in [0.25, 0.3) is 5.91 Å². The number of sulfone groups is 1. The Morgan fingerprint density at radius 1 is 1.30 bits per heavy atom. The molecule has 2 aromatic rings. The van der Waals surface area contributed by atoms with Crippen molar-refractivity contribution in [2.24, 2.45) is 0 Å². The lowest BCUT2D eigenvalue weighted by atomic mass is 10.2. The fourth-order valence-corrected chi connectivity index (χ4v) is 6.61. The second-order valence-electron chi connectivity index (χ2n) is 6.32. The molecule has 4 rings (SSSR count). The van der Waals surface area contributed by atoms with E-state index in [-0.39, 0.29) is 23.5 Å². The van der Waals surface area contributed by atoms with Crippen LogP contribution < -0.4 is 0 Å². The van der Waals surface area contributed by atoms with E-state index in [4.69, 9.17) is 16.6 Å². The highest BCUT2D eigenvalue weighted by Gasteiger charge is 2.42. The highest BCUT2D eigenvalue weighted by Crippen LogP contribution is 2.37. The Morgan fingerprint density at radius 2 is 2.11 bits per heavy atom. The lowest BCUT2D eigenvalue weighted by Crippen LogP contribution is -2.39. The molecule has 2 aliphatic heterocycles. The first-order valence-electron chi connectivity index (χ1n) is 8.16. The van der Waals surface area contributed by atoms with Gasteiger partial charge in [-0.1, -0.05) is 52.0 Å². The van der Waals surface area contributed by atoms with Crippen LogP contribution in [0.3, 0.4) is 0 Å². The zero-order valence-electron chi connectivity index (χ0n) is 13.9. The Labute approximate surface area is 174 Å². The lowest BCUT2D eigenvalue weighted by molar-refractivity contribution is -0.123. The van der Waals surface area contributed by atoms with E-state index < -0.39 is 9.84 Å². The first-order chi connectivity index (χ1) is 12.8. The van der Waals surface area contributed by atoms with Crippen LogP contribution in [0.2, 0.25) is 0 Å². The van der Waals surface area contributed by atoms with Gasteiger partial charge in [0.2, 0.25) is 0 Å². The van der Waals surface area contributed by atoms with Crippen LogP contribution in [0.15, 0.2) is 50.2 Å². The van der Waals surface area contributed by atoms with Gasteiger partial charge >= 0.3 is 0 Å². The Hall–Kier alpha value is -1.42. The van der Waals surface area contributed by atoms with Gasteiger partial charge in [0.05, 0.1) is 22.5 Å². The first kappa shape index (κ1) is 18.9. The van der Waals surface area contributed by atoms with Crippen molar-refractivity contribution >= 4 is 66.1 Å². The largest absolute Gasteiger partial charge is 0.457 e. The van der Waals surface area contributed by atoms with Gasteiger partial charge < -0.3 is 4.42 Å². The third kappa shape index (κ3) is 3.91. The van der Waals surface area contributed by atoms with Crippen molar-refractivity contribution in [1.82, 2.24) is 4.90 Å². The number of carbonyl (C=O) groups is 1. The van der Waals surface area contributed by atoms with E-state index in [2.05, 4.69) is 15.9 Å². The molecule has 1 amide bonds. The van der Waals surface area contributed by atoms with Gasteiger partial charge in [0.1, 0.15) is 15.8 Å². The number of furan rings is 1. The monoisotopic (exact) mass is 483 g/mol. The molecule has 1 unspecified atom stereocenters.